The van der Waals surface area contributed by atoms with E-state index in [0.717, 1.165) is 12.8 Å². The molecule has 1 aliphatic rings. The molecule has 1 fully saturated rings. The molecule has 1 N–H and O–H groups in total. The van der Waals surface area contributed by atoms with Gasteiger partial charge in [-0.2, -0.15) is 0 Å². The van der Waals surface area contributed by atoms with Crippen molar-refractivity contribution >= 4 is 11.9 Å². The van der Waals surface area contributed by atoms with Crippen molar-refractivity contribution in [2.45, 2.75) is 38.5 Å². The fourth-order valence-electron chi connectivity index (χ4n) is 3.62. The van der Waals surface area contributed by atoms with Crippen LogP contribution in [-0.2, 0) is 11.8 Å². The van der Waals surface area contributed by atoms with Gasteiger partial charge in [0.15, 0.2) is 5.76 Å². The lowest BCUT2D eigenvalue weighted by Crippen LogP contribution is -2.47. The molecule has 2 aromatic rings. The Balaban J connectivity index is 1.84. The second-order valence-electron chi connectivity index (χ2n) is 6.86. The largest absolute Gasteiger partial charge is 0.478 e. The van der Waals surface area contributed by atoms with Crippen LogP contribution in [-0.4, -0.2) is 35.0 Å². The van der Waals surface area contributed by atoms with Gasteiger partial charge in [0.25, 0.3) is 5.91 Å². The zero-order valence-electron chi connectivity index (χ0n) is 14.6. The molecule has 3 rings (SSSR count). The van der Waals surface area contributed by atoms with Gasteiger partial charge >= 0.3 is 5.97 Å². The third kappa shape index (κ3) is 3.31. The van der Waals surface area contributed by atoms with E-state index < -0.39 is 5.97 Å². The van der Waals surface area contributed by atoms with E-state index in [1.807, 2.05) is 25.1 Å². The predicted octanol–water partition coefficient (Wildman–Crippen LogP) is 3.73. The second-order valence-corrected chi connectivity index (χ2v) is 6.86. The fourth-order valence-corrected chi connectivity index (χ4v) is 3.62. The van der Waals surface area contributed by atoms with Crippen LogP contribution in [0.4, 0.5) is 0 Å². The number of piperidine rings is 1. The van der Waals surface area contributed by atoms with Crippen molar-refractivity contribution in [2.75, 3.05) is 13.1 Å². The lowest BCUT2D eigenvalue weighted by atomic mass is 9.76. The molecule has 0 radical (unpaired) electrons. The minimum Gasteiger partial charge on any atom is -0.478 e. The monoisotopic (exact) mass is 341 g/mol. The highest BCUT2D eigenvalue weighted by molar-refractivity contribution is 5.96. The SMILES string of the molecule is CCc1oc(C(=O)N2CCCC(C)(c3ccccc3)C2)cc1C(=O)O. The van der Waals surface area contributed by atoms with Crippen molar-refractivity contribution < 1.29 is 19.1 Å². The van der Waals surface area contributed by atoms with E-state index in [9.17, 15) is 14.7 Å². The highest BCUT2D eigenvalue weighted by Crippen LogP contribution is 2.34. The van der Waals surface area contributed by atoms with Gasteiger partial charge in [-0.05, 0) is 18.4 Å². The number of furan rings is 1. The second kappa shape index (κ2) is 6.75. The summed E-state index contributed by atoms with van der Waals surface area (Å²) in [4.78, 5) is 25.9. The zero-order chi connectivity index (χ0) is 18.0. The molecule has 1 aliphatic heterocycles. The molecular formula is C20H23NO4. The Labute approximate surface area is 147 Å². The highest BCUT2D eigenvalue weighted by atomic mass is 16.4. The minimum atomic E-state index is -1.06. The van der Waals surface area contributed by atoms with Crippen LogP contribution in [0.5, 0.6) is 0 Å². The normalized spacial score (nSPS) is 20.5. The van der Waals surface area contributed by atoms with Gasteiger partial charge in [-0.25, -0.2) is 4.79 Å². The summed E-state index contributed by atoms with van der Waals surface area (Å²) in [6.45, 7) is 5.24. The van der Waals surface area contributed by atoms with E-state index in [1.165, 1.54) is 11.6 Å². The van der Waals surface area contributed by atoms with Crippen molar-refractivity contribution in [3.05, 3.63) is 59.0 Å². The van der Waals surface area contributed by atoms with Crippen molar-refractivity contribution in [1.82, 2.24) is 4.90 Å². The van der Waals surface area contributed by atoms with Gasteiger partial charge in [-0.1, -0.05) is 44.2 Å². The molecule has 1 atom stereocenters. The summed E-state index contributed by atoms with van der Waals surface area (Å²) in [6.07, 6.45) is 2.36. The van der Waals surface area contributed by atoms with Crippen molar-refractivity contribution in [2.24, 2.45) is 0 Å². The number of carboxylic acid groups (broad SMARTS) is 1. The molecule has 0 spiro atoms. The number of benzene rings is 1. The topological polar surface area (TPSA) is 70.8 Å². The number of rotatable bonds is 4. The first-order valence-electron chi connectivity index (χ1n) is 8.65. The summed E-state index contributed by atoms with van der Waals surface area (Å²) in [5, 5.41) is 9.25. The minimum absolute atomic E-state index is 0.0775. The van der Waals surface area contributed by atoms with Crippen LogP contribution >= 0.6 is 0 Å². The average molecular weight is 341 g/mol. The molecular weight excluding hydrogens is 318 g/mol. The number of aryl methyl sites for hydroxylation is 1. The summed E-state index contributed by atoms with van der Waals surface area (Å²) in [5.74, 6) is -0.832. The number of likely N-dealkylation sites (tertiary alicyclic amines) is 1. The Morgan fingerprint density at radius 2 is 2.00 bits per heavy atom. The van der Waals surface area contributed by atoms with Gasteiger partial charge in [0.1, 0.15) is 11.3 Å². The zero-order valence-corrected chi connectivity index (χ0v) is 14.6. The first-order chi connectivity index (χ1) is 11.9. The summed E-state index contributed by atoms with van der Waals surface area (Å²) in [7, 11) is 0. The third-order valence-electron chi connectivity index (χ3n) is 5.03. The van der Waals surface area contributed by atoms with E-state index in [1.54, 1.807) is 4.90 Å². The summed E-state index contributed by atoms with van der Waals surface area (Å²) < 4.78 is 5.54. The number of carbonyl (C=O) groups excluding carboxylic acids is 1. The third-order valence-corrected chi connectivity index (χ3v) is 5.03. The number of aromatic carboxylic acids is 1. The molecule has 5 heteroatoms. The van der Waals surface area contributed by atoms with Crippen LogP contribution in [0.25, 0.3) is 0 Å². The standard InChI is InChI=1S/C20H23NO4/c1-3-16-15(19(23)24)12-17(25-16)18(22)21-11-7-10-20(2,13-21)14-8-5-4-6-9-14/h4-6,8-9,12H,3,7,10-11,13H2,1-2H3,(H,23,24). The van der Waals surface area contributed by atoms with Crippen molar-refractivity contribution in [3.63, 3.8) is 0 Å². The Morgan fingerprint density at radius 3 is 2.60 bits per heavy atom. The first kappa shape index (κ1) is 17.3. The van der Waals surface area contributed by atoms with Gasteiger partial charge in [0, 0.05) is 31.0 Å². The average Bonchev–Trinajstić information content (AvgIpc) is 3.06. The van der Waals surface area contributed by atoms with Gasteiger partial charge < -0.3 is 14.4 Å². The molecule has 0 saturated carbocycles. The predicted molar refractivity (Wildman–Crippen MR) is 94.0 cm³/mol. The van der Waals surface area contributed by atoms with Gasteiger partial charge in [-0.3, -0.25) is 4.79 Å². The number of hydrogen-bond acceptors (Lipinski definition) is 3. The molecule has 1 unspecified atom stereocenters. The van der Waals surface area contributed by atoms with Gasteiger partial charge in [0.05, 0.1) is 0 Å². The van der Waals surface area contributed by atoms with Crippen LogP contribution in [0.1, 0.15) is 58.9 Å². The molecule has 1 aromatic heterocycles. The van der Waals surface area contributed by atoms with Crippen LogP contribution in [0.15, 0.2) is 40.8 Å². The van der Waals surface area contributed by atoms with E-state index in [2.05, 4.69) is 19.1 Å². The molecule has 25 heavy (non-hydrogen) atoms. The van der Waals surface area contributed by atoms with Crippen molar-refractivity contribution in [1.29, 1.82) is 0 Å². The van der Waals surface area contributed by atoms with Gasteiger partial charge in [-0.15, -0.1) is 0 Å². The van der Waals surface area contributed by atoms with E-state index >= 15 is 0 Å². The maximum atomic E-state index is 12.9. The Kier molecular flexibility index (Phi) is 4.66. The lowest BCUT2D eigenvalue weighted by molar-refractivity contribution is 0.0616. The van der Waals surface area contributed by atoms with Crippen LogP contribution in [0, 0.1) is 0 Å². The smallest absolute Gasteiger partial charge is 0.339 e. The van der Waals surface area contributed by atoms with Crippen LogP contribution in [0.2, 0.25) is 0 Å². The number of carbonyl (C=O) groups is 2. The Hall–Kier alpha value is -2.56. The Bertz CT molecular complexity index is 780. The van der Waals surface area contributed by atoms with Crippen LogP contribution in [0.3, 0.4) is 0 Å². The maximum Gasteiger partial charge on any atom is 0.339 e. The highest BCUT2D eigenvalue weighted by Gasteiger charge is 2.36. The molecule has 5 nitrogen and oxygen atoms in total. The number of amides is 1. The van der Waals surface area contributed by atoms with E-state index in [4.69, 9.17) is 4.42 Å². The molecule has 1 saturated heterocycles. The number of nitrogens with zero attached hydrogens (tertiary/aromatic N) is 1. The number of carboxylic acids is 1. The van der Waals surface area contributed by atoms with E-state index in [0.29, 0.717) is 25.3 Å². The lowest BCUT2D eigenvalue weighted by Gasteiger charge is -2.40. The first-order valence-corrected chi connectivity index (χ1v) is 8.65. The fraction of sp³-hybridized carbons (Fsp3) is 0.400. The maximum absolute atomic E-state index is 12.9. The molecule has 0 bridgehead atoms. The molecule has 0 aliphatic carbocycles. The Morgan fingerprint density at radius 1 is 1.28 bits per heavy atom. The molecule has 2 heterocycles. The summed E-state index contributed by atoms with van der Waals surface area (Å²) in [6, 6.07) is 11.6. The molecule has 132 valence electrons. The quantitative estimate of drug-likeness (QED) is 0.920. The van der Waals surface area contributed by atoms with Crippen molar-refractivity contribution in [3.8, 4) is 0 Å². The molecule has 1 amide bonds. The number of hydrogen-bond donors (Lipinski definition) is 1. The van der Waals surface area contributed by atoms with E-state index in [-0.39, 0.29) is 22.6 Å². The molecule has 1 aromatic carbocycles. The van der Waals surface area contributed by atoms with Crippen LogP contribution < -0.4 is 0 Å². The summed E-state index contributed by atoms with van der Waals surface area (Å²) in [5.41, 5.74) is 1.19. The summed E-state index contributed by atoms with van der Waals surface area (Å²) >= 11 is 0. The van der Waals surface area contributed by atoms with Gasteiger partial charge in [0.2, 0.25) is 0 Å².